The topological polar surface area (TPSA) is 133 Å². The molecule has 2 saturated heterocycles. The highest BCUT2D eigenvalue weighted by atomic mass is 32.1. The molecule has 2 fully saturated rings. The van der Waals surface area contributed by atoms with Crippen LogP contribution in [0.4, 0.5) is 0 Å². The zero-order valence-electron chi connectivity index (χ0n) is 25.3. The number of aliphatic hydroxyl groups excluding tert-OH is 1. The lowest BCUT2D eigenvalue weighted by Gasteiger charge is -2.35. The van der Waals surface area contributed by atoms with Gasteiger partial charge in [-0.1, -0.05) is 45.0 Å². The standard InChI is InChI=1S/C31H45N5O5S/c1-19(22-6-8-23(9-7-22)27-20(2)33-18-42-27)34-29(39)25-14-24(37)15-36(25)30(40)28(31(3,4)5)35-26(38)17-41-16-21-10-12-32-13-11-21/h6-9,18-19,21,24-25,28,32,37H,10-17H2,1-5H3,(H,34,39)(H,35,38). The number of carbonyl (C=O) groups excluding carboxylic acids is 3. The van der Waals surface area contributed by atoms with E-state index < -0.39 is 23.6 Å². The maximum Gasteiger partial charge on any atom is 0.246 e. The number of nitrogens with one attached hydrogen (secondary N) is 3. The third kappa shape index (κ3) is 8.15. The molecule has 4 atom stereocenters. The molecule has 42 heavy (non-hydrogen) atoms. The fourth-order valence-electron chi connectivity index (χ4n) is 5.58. The van der Waals surface area contributed by atoms with E-state index >= 15 is 0 Å². The summed E-state index contributed by atoms with van der Waals surface area (Å²) >= 11 is 1.59. The van der Waals surface area contributed by atoms with Crippen LogP contribution >= 0.6 is 11.3 Å². The molecule has 3 heterocycles. The first-order valence-electron chi connectivity index (χ1n) is 14.8. The number of β-amino-alcohol motifs (C(OH)–C–C–N with tert-alkyl or cyclic N) is 1. The zero-order chi connectivity index (χ0) is 30.4. The zero-order valence-corrected chi connectivity index (χ0v) is 26.1. The fourth-order valence-corrected chi connectivity index (χ4v) is 6.40. The lowest BCUT2D eigenvalue weighted by atomic mass is 9.85. The number of carbonyl (C=O) groups is 3. The van der Waals surface area contributed by atoms with E-state index in [1.165, 1.54) is 4.90 Å². The molecule has 1 aromatic heterocycles. The van der Waals surface area contributed by atoms with Crippen molar-refractivity contribution in [2.75, 3.05) is 32.8 Å². The Bertz CT molecular complexity index is 1220. The van der Waals surface area contributed by atoms with Gasteiger partial charge < -0.3 is 30.7 Å². The summed E-state index contributed by atoms with van der Waals surface area (Å²) in [5, 5.41) is 19.7. The molecule has 4 unspecified atom stereocenters. The summed E-state index contributed by atoms with van der Waals surface area (Å²) in [5.41, 5.74) is 4.18. The molecule has 0 saturated carbocycles. The largest absolute Gasteiger partial charge is 0.391 e. The first-order chi connectivity index (χ1) is 19.9. The van der Waals surface area contributed by atoms with Gasteiger partial charge in [0.25, 0.3) is 0 Å². The SMILES string of the molecule is Cc1ncsc1-c1ccc(C(C)NC(=O)C2CC(O)CN2C(=O)C(NC(=O)COCC2CCNCC2)C(C)(C)C)cc1. The Labute approximate surface area is 252 Å². The Hall–Kier alpha value is -2.86. The van der Waals surface area contributed by atoms with Crippen LogP contribution in [0.1, 0.15) is 64.3 Å². The summed E-state index contributed by atoms with van der Waals surface area (Å²) in [4.78, 5) is 46.9. The van der Waals surface area contributed by atoms with Crippen molar-refractivity contribution in [3.05, 3.63) is 41.0 Å². The number of rotatable bonds is 10. The van der Waals surface area contributed by atoms with E-state index in [-0.39, 0.29) is 43.3 Å². The predicted octanol–water partition coefficient (Wildman–Crippen LogP) is 2.80. The van der Waals surface area contributed by atoms with Crippen LogP contribution in [0.5, 0.6) is 0 Å². The first kappa shape index (κ1) is 32.1. The number of aromatic nitrogens is 1. The van der Waals surface area contributed by atoms with Crippen LogP contribution in [0.3, 0.4) is 0 Å². The van der Waals surface area contributed by atoms with E-state index in [1.807, 2.05) is 64.4 Å². The van der Waals surface area contributed by atoms with Gasteiger partial charge in [0.15, 0.2) is 0 Å². The van der Waals surface area contributed by atoms with E-state index in [9.17, 15) is 19.5 Å². The van der Waals surface area contributed by atoms with E-state index in [1.54, 1.807) is 11.3 Å². The number of thiazole rings is 1. The third-order valence-electron chi connectivity index (χ3n) is 8.11. The quantitative estimate of drug-likeness (QED) is 0.330. The minimum atomic E-state index is -0.881. The summed E-state index contributed by atoms with van der Waals surface area (Å²) < 4.78 is 5.68. The maximum atomic E-state index is 13.8. The molecule has 2 aromatic rings. The second-order valence-electron chi connectivity index (χ2n) is 12.6. The van der Waals surface area contributed by atoms with Crippen LogP contribution in [0.25, 0.3) is 10.4 Å². The number of piperidine rings is 1. The van der Waals surface area contributed by atoms with Crippen molar-refractivity contribution in [3.63, 3.8) is 0 Å². The average Bonchev–Trinajstić information content (AvgIpc) is 3.56. The Balaban J connectivity index is 1.37. The molecule has 230 valence electrons. The monoisotopic (exact) mass is 599 g/mol. The first-order valence-corrected chi connectivity index (χ1v) is 15.7. The highest BCUT2D eigenvalue weighted by Gasteiger charge is 2.44. The van der Waals surface area contributed by atoms with E-state index in [2.05, 4.69) is 20.9 Å². The molecule has 0 spiro atoms. The van der Waals surface area contributed by atoms with Gasteiger partial charge in [-0.15, -0.1) is 11.3 Å². The van der Waals surface area contributed by atoms with E-state index in [4.69, 9.17) is 4.74 Å². The van der Waals surface area contributed by atoms with E-state index in [0.29, 0.717) is 12.5 Å². The molecular weight excluding hydrogens is 554 g/mol. The van der Waals surface area contributed by atoms with Crippen molar-refractivity contribution in [2.24, 2.45) is 11.3 Å². The van der Waals surface area contributed by atoms with Gasteiger partial charge in [0.1, 0.15) is 18.7 Å². The van der Waals surface area contributed by atoms with Gasteiger partial charge in [0.05, 0.1) is 34.8 Å². The molecule has 0 bridgehead atoms. The van der Waals surface area contributed by atoms with Gasteiger partial charge in [-0.2, -0.15) is 0 Å². The maximum absolute atomic E-state index is 13.8. The van der Waals surface area contributed by atoms with Crippen LogP contribution in [0.15, 0.2) is 29.8 Å². The van der Waals surface area contributed by atoms with Crippen LogP contribution < -0.4 is 16.0 Å². The third-order valence-corrected chi connectivity index (χ3v) is 9.08. The molecule has 4 N–H and O–H groups in total. The Kier molecular flexibility index (Phi) is 10.7. The normalized spacial score (nSPS) is 21.1. The molecule has 2 aliphatic rings. The number of benzene rings is 1. The van der Waals surface area contributed by atoms with Crippen LogP contribution in [0, 0.1) is 18.3 Å². The molecule has 0 radical (unpaired) electrons. The van der Waals surface area contributed by atoms with Gasteiger partial charge >= 0.3 is 0 Å². The molecule has 0 aliphatic carbocycles. The van der Waals surface area contributed by atoms with Gasteiger partial charge in [-0.25, -0.2) is 4.98 Å². The van der Waals surface area contributed by atoms with E-state index in [0.717, 1.165) is 47.6 Å². The van der Waals surface area contributed by atoms with Crippen LogP contribution in [-0.4, -0.2) is 83.7 Å². The number of aryl methyl sites for hydroxylation is 1. The van der Waals surface area contributed by atoms with Crippen molar-refractivity contribution in [1.82, 2.24) is 25.8 Å². The van der Waals surface area contributed by atoms with Crippen LogP contribution in [-0.2, 0) is 19.1 Å². The second kappa shape index (κ2) is 14.1. The summed E-state index contributed by atoms with van der Waals surface area (Å²) in [6, 6.07) is 5.95. The van der Waals surface area contributed by atoms with Crippen molar-refractivity contribution < 1.29 is 24.2 Å². The summed E-state index contributed by atoms with van der Waals surface area (Å²) in [5.74, 6) is -0.669. The Morgan fingerprint density at radius 3 is 2.48 bits per heavy atom. The fraction of sp³-hybridized carbons (Fsp3) is 0.613. The molecule has 10 nitrogen and oxygen atoms in total. The number of aliphatic hydroxyl groups is 1. The summed E-state index contributed by atoms with van der Waals surface area (Å²) in [7, 11) is 0. The number of ether oxygens (including phenoxy) is 1. The van der Waals surface area contributed by atoms with Crippen molar-refractivity contribution in [2.45, 2.75) is 78.1 Å². The Morgan fingerprint density at radius 1 is 1.17 bits per heavy atom. The van der Waals surface area contributed by atoms with Crippen molar-refractivity contribution in [1.29, 1.82) is 0 Å². The number of hydrogen-bond donors (Lipinski definition) is 4. The van der Waals surface area contributed by atoms with Crippen molar-refractivity contribution >= 4 is 29.1 Å². The highest BCUT2D eigenvalue weighted by molar-refractivity contribution is 7.13. The molecule has 1 aromatic carbocycles. The summed E-state index contributed by atoms with van der Waals surface area (Å²) in [6.45, 7) is 11.8. The van der Waals surface area contributed by atoms with Crippen LogP contribution in [0.2, 0.25) is 0 Å². The van der Waals surface area contributed by atoms with Gasteiger partial charge in [0.2, 0.25) is 17.7 Å². The average molecular weight is 600 g/mol. The number of amides is 3. The van der Waals surface area contributed by atoms with Gasteiger partial charge in [-0.05, 0) is 62.2 Å². The molecule has 11 heteroatoms. The van der Waals surface area contributed by atoms with Gasteiger partial charge in [0, 0.05) is 13.0 Å². The smallest absolute Gasteiger partial charge is 0.246 e. The minimum Gasteiger partial charge on any atom is -0.391 e. The second-order valence-corrected chi connectivity index (χ2v) is 13.4. The Morgan fingerprint density at radius 2 is 1.86 bits per heavy atom. The highest BCUT2D eigenvalue weighted by Crippen LogP contribution is 2.29. The summed E-state index contributed by atoms with van der Waals surface area (Å²) in [6.07, 6.45) is 1.34. The number of hydrogen-bond acceptors (Lipinski definition) is 8. The minimum absolute atomic E-state index is 0.0306. The number of nitrogens with zero attached hydrogens (tertiary/aromatic N) is 2. The lowest BCUT2D eigenvalue weighted by molar-refractivity contribution is -0.144. The van der Waals surface area contributed by atoms with Crippen molar-refractivity contribution in [3.8, 4) is 10.4 Å². The lowest BCUT2D eigenvalue weighted by Crippen LogP contribution is -2.58. The molecule has 2 aliphatic heterocycles. The predicted molar refractivity (Wildman–Crippen MR) is 163 cm³/mol. The molecular formula is C31H45N5O5S. The molecule has 4 rings (SSSR count). The van der Waals surface area contributed by atoms with Gasteiger partial charge in [-0.3, -0.25) is 14.4 Å². The molecule has 3 amide bonds. The number of likely N-dealkylation sites (tertiary alicyclic amines) is 1.